The molecule has 1 aromatic heterocycles. The molecule has 2 rings (SSSR count). The van der Waals surface area contributed by atoms with Gasteiger partial charge in [0.15, 0.2) is 0 Å². The molecule has 0 bridgehead atoms. The first-order valence-electron chi connectivity index (χ1n) is 6.86. The van der Waals surface area contributed by atoms with Gasteiger partial charge in [-0.05, 0) is 13.8 Å². The van der Waals surface area contributed by atoms with Crippen molar-refractivity contribution in [3.8, 4) is 0 Å². The third-order valence-electron chi connectivity index (χ3n) is 3.29. The normalized spacial score (nSPS) is 23.2. The van der Waals surface area contributed by atoms with Gasteiger partial charge in [0, 0.05) is 36.6 Å². The van der Waals surface area contributed by atoms with E-state index in [4.69, 9.17) is 0 Å². The van der Waals surface area contributed by atoms with Gasteiger partial charge < -0.3 is 15.6 Å². The number of hydrogen-bond acceptors (Lipinski definition) is 4. The number of piperazine rings is 1. The van der Waals surface area contributed by atoms with E-state index in [2.05, 4.69) is 25.6 Å². The van der Waals surface area contributed by atoms with Crippen molar-refractivity contribution < 1.29 is 9.59 Å². The summed E-state index contributed by atoms with van der Waals surface area (Å²) in [7, 11) is 0. The lowest BCUT2D eigenvalue weighted by Gasteiger charge is -2.29. The lowest BCUT2D eigenvalue weighted by atomic mass is 10.0. The fourth-order valence-corrected chi connectivity index (χ4v) is 2.20. The van der Waals surface area contributed by atoms with E-state index in [1.807, 2.05) is 19.9 Å². The zero-order valence-corrected chi connectivity index (χ0v) is 12.1. The molecule has 0 radical (unpaired) electrons. The highest BCUT2D eigenvalue weighted by Gasteiger charge is 2.34. The van der Waals surface area contributed by atoms with Crippen LogP contribution in [-0.2, 0) is 16.0 Å². The van der Waals surface area contributed by atoms with Gasteiger partial charge in [-0.1, -0.05) is 6.08 Å². The second kappa shape index (κ2) is 6.83. The van der Waals surface area contributed by atoms with E-state index in [1.165, 1.54) is 0 Å². The van der Waals surface area contributed by atoms with E-state index in [0.29, 0.717) is 12.8 Å². The van der Waals surface area contributed by atoms with Crippen LogP contribution in [0.1, 0.15) is 26.0 Å². The van der Waals surface area contributed by atoms with Crippen molar-refractivity contribution >= 4 is 18.0 Å². The summed E-state index contributed by atoms with van der Waals surface area (Å²) in [5, 5.41) is 5.50. The lowest BCUT2D eigenvalue weighted by molar-refractivity contribution is -0.136. The first-order chi connectivity index (χ1) is 10.1. The quantitative estimate of drug-likeness (QED) is 0.681. The number of carbonyl (C=O) groups is 2. The van der Waals surface area contributed by atoms with Crippen molar-refractivity contribution in [3.63, 3.8) is 0 Å². The van der Waals surface area contributed by atoms with Crippen molar-refractivity contribution in [2.24, 2.45) is 4.99 Å². The molecule has 0 saturated carbocycles. The first kappa shape index (κ1) is 15.0. The van der Waals surface area contributed by atoms with E-state index in [0.717, 1.165) is 11.4 Å². The molecule has 2 unspecified atom stereocenters. The molecule has 2 atom stereocenters. The van der Waals surface area contributed by atoms with Gasteiger partial charge in [0.25, 0.3) is 0 Å². The van der Waals surface area contributed by atoms with Crippen LogP contribution in [0.2, 0.25) is 0 Å². The number of nitrogens with one attached hydrogen (secondary N) is 3. The second-order valence-corrected chi connectivity index (χ2v) is 4.77. The maximum atomic E-state index is 12.1. The number of hydrogen-bond donors (Lipinski definition) is 3. The third-order valence-corrected chi connectivity index (χ3v) is 3.29. The fraction of sp³-hybridized carbons (Fsp3) is 0.429. The smallest absolute Gasteiger partial charge is 0.243 e. The fourth-order valence-electron chi connectivity index (χ4n) is 2.20. The van der Waals surface area contributed by atoms with Crippen molar-refractivity contribution in [3.05, 3.63) is 30.0 Å². The van der Waals surface area contributed by atoms with Gasteiger partial charge in [0.1, 0.15) is 12.1 Å². The molecule has 112 valence electrons. The Labute approximate surface area is 122 Å². The van der Waals surface area contributed by atoms with Gasteiger partial charge in [0.2, 0.25) is 11.8 Å². The van der Waals surface area contributed by atoms with E-state index in [9.17, 15) is 9.59 Å². The average molecular weight is 289 g/mol. The summed E-state index contributed by atoms with van der Waals surface area (Å²) in [4.78, 5) is 35.2. The van der Waals surface area contributed by atoms with Crippen molar-refractivity contribution in [1.82, 2.24) is 20.6 Å². The van der Waals surface area contributed by atoms with Crippen LogP contribution in [0.25, 0.3) is 0 Å². The molecule has 1 saturated heterocycles. The van der Waals surface area contributed by atoms with Gasteiger partial charge >= 0.3 is 0 Å². The van der Waals surface area contributed by atoms with Gasteiger partial charge in [0.05, 0.1) is 6.33 Å². The molecule has 1 fully saturated rings. The van der Waals surface area contributed by atoms with Crippen LogP contribution in [-0.4, -0.2) is 40.1 Å². The largest absolute Gasteiger partial charge is 0.348 e. The van der Waals surface area contributed by atoms with Gasteiger partial charge in [-0.2, -0.15) is 0 Å². The Morgan fingerprint density at radius 2 is 2.00 bits per heavy atom. The minimum absolute atomic E-state index is 0.190. The Bertz CT molecular complexity index is 562. The van der Waals surface area contributed by atoms with E-state index < -0.39 is 12.1 Å². The number of H-pyrrole nitrogens is 1. The summed E-state index contributed by atoms with van der Waals surface area (Å²) in [5.74, 6) is -0.380. The number of rotatable bonds is 5. The number of aromatic amines is 1. The van der Waals surface area contributed by atoms with Crippen molar-refractivity contribution in [2.45, 2.75) is 38.8 Å². The highest BCUT2D eigenvalue weighted by Crippen LogP contribution is 2.11. The number of aromatic nitrogens is 2. The maximum Gasteiger partial charge on any atom is 0.243 e. The summed E-state index contributed by atoms with van der Waals surface area (Å²) in [5.41, 5.74) is 1.57. The topological polar surface area (TPSA) is 99.2 Å². The standard InChI is InChI=1S/C14H19N5O2/c1-3-9(16-4-2)5-11-13(20)19-12(14(21)18-11)6-10-7-15-8-17-10/h3-4,7-8,11-12H,5-6H2,1-2H3,(H,15,17)(H,18,21)(H,19,20)/b9-3-,16-4?. The number of aliphatic imine (C=N–C) groups is 1. The molecule has 2 heterocycles. The van der Waals surface area contributed by atoms with E-state index in [-0.39, 0.29) is 11.8 Å². The zero-order chi connectivity index (χ0) is 15.2. The SMILES string of the molecule is CC=N/C(=C\C)CC1NC(=O)C(Cc2cnc[nH]2)NC1=O. The lowest BCUT2D eigenvalue weighted by Crippen LogP contribution is -2.62. The number of amides is 2. The number of nitrogens with zero attached hydrogens (tertiary/aromatic N) is 2. The molecule has 3 N–H and O–H groups in total. The molecular formula is C14H19N5O2. The first-order valence-corrected chi connectivity index (χ1v) is 6.86. The average Bonchev–Trinajstić information content (AvgIpc) is 2.96. The molecule has 7 nitrogen and oxygen atoms in total. The summed E-state index contributed by atoms with van der Waals surface area (Å²) in [6.07, 6.45) is 7.46. The van der Waals surface area contributed by atoms with Crippen LogP contribution in [0.3, 0.4) is 0 Å². The van der Waals surface area contributed by atoms with Crippen molar-refractivity contribution in [1.29, 1.82) is 0 Å². The molecule has 0 aromatic carbocycles. The number of imidazole rings is 1. The second-order valence-electron chi connectivity index (χ2n) is 4.77. The Morgan fingerprint density at radius 1 is 1.29 bits per heavy atom. The maximum absolute atomic E-state index is 12.1. The Kier molecular flexibility index (Phi) is 4.86. The third kappa shape index (κ3) is 3.77. The number of carbonyl (C=O) groups excluding carboxylic acids is 2. The molecule has 0 spiro atoms. The monoisotopic (exact) mass is 289 g/mol. The molecule has 0 aliphatic carbocycles. The minimum Gasteiger partial charge on any atom is -0.348 e. The van der Waals surface area contributed by atoms with Crippen LogP contribution < -0.4 is 10.6 Å². The van der Waals surface area contributed by atoms with Crippen LogP contribution in [0.4, 0.5) is 0 Å². The zero-order valence-electron chi connectivity index (χ0n) is 12.1. The molecule has 1 aliphatic rings. The van der Waals surface area contributed by atoms with Crippen LogP contribution >= 0.6 is 0 Å². The predicted molar refractivity (Wildman–Crippen MR) is 78.7 cm³/mol. The summed E-state index contributed by atoms with van der Waals surface area (Å²) >= 11 is 0. The van der Waals surface area contributed by atoms with Crippen LogP contribution in [0.15, 0.2) is 29.3 Å². The Balaban J connectivity index is 1.98. The minimum atomic E-state index is -0.578. The van der Waals surface area contributed by atoms with E-state index >= 15 is 0 Å². The summed E-state index contributed by atoms with van der Waals surface area (Å²) in [6, 6.07) is -1.15. The van der Waals surface area contributed by atoms with Gasteiger partial charge in [-0.15, -0.1) is 0 Å². The highest BCUT2D eigenvalue weighted by molar-refractivity contribution is 5.97. The van der Waals surface area contributed by atoms with Gasteiger partial charge in [-0.25, -0.2) is 4.98 Å². The van der Waals surface area contributed by atoms with E-state index in [1.54, 1.807) is 18.7 Å². The van der Waals surface area contributed by atoms with Crippen LogP contribution in [0.5, 0.6) is 0 Å². The molecule has 21 heavy (non-hydrogen) atoms. The number of allylic oxidation sites excluding steroid dienone is 1. The van der Waals surface area contributed by atoms with Gasteiger partial charge in [-0.3, -0.25) is 14.6 Å². The molecular weight excluding hydrogens is 270 g/mol. The molecule has 1 aromatic rings. The predicted octanol–water partition coefficient (Wildman–Crippen LogP) is 0.320. The molecule has 1 aliphatic heterocycles. The summed E-state index contributed by atoms with van der Waals surface area (Å²) < 4.78 is 0. The van der Waals surface area contributed by atoms with Crippen molar-refractivity contribution in [2.75, 3.05) is 0 Å². The molecule has 2 amide bonds. The van der Waals surface area contributed by atoms with Crippen LogP contribution in [0, 0.1) is 0 Å². The summed E-state index contributed by atoms with van der Waals surface area (Å²) in [6.45, 7) is 3.66. The Morgan fingerprint density at radius 3 is 2.62 bits per heavy atom. The Hall–Kier alpha value is -2.44. The highest BCUT2D eigenvalue weighted by atomic mass is 16.2. The molecule has 7 heteroatoms.